The molecular weight excluding hydrogens is 152 g/mol. The molecule has 0 aromatic carbocycles. The third-order valence-corrected chi connectivity index (χ3v) is 1.87. The fraction of sp³-hybridized carbons (Fsp3) is 1.00. The standard InChI is InChI=1S/C6H12O5/c1-3(7)6(10)5(9)4(8)2-11-6/h3-5,7-10H,2H2,1H3/t3-,4+,5-,6-/m0/s1. The van der Waals surface area contributed by atoms with Gasteiger partial charge in [0.15, 0.2) is 0 Å². The summed E-state index contributed by atoms with van der Waals surface area (Å²) < 4.78 is 4.63. The average molecular weight is 164 g/mol. The van der Waals surface area contributed by atoms with E-state index in [4.69, 9.17) is 15.3 Å². The van der Waals surface area contributed by atoms with Crippen LogP contribution in [0.2, 0.25) is 0 Å². The molecule has 1 heterocycles. The smallest absolute Gasteiger partial charge is 0.221 e. The minimum absolute atomic E-state index is 0.164. The van der Waals surface area contributed by atoms with E-state index in [9.17, 15) is 5.11 Å². The number of hydrogen-bond acceptors (Lipinski definition) is 5. The maximum atomic E-state index is 9.33. The van der Waals surface area contributed by atoms with Gasteiger partial charge in [0.25, 0.3) is 0 Å². The van der Waals surface area contributed by atoms with Crippen LogP contribution < -0.4 is 0 Å². The number of hydrogen-bond donors (Lipinski definition) is 4. The van der Waals surface area contributed by atoms with Crippen LogP contribution in [-0.2, 0) is 4.74 Å². The Kier molecular flexibility index (Phi) is 2.17. The Labute approximate surface area is 63.8 Å². The van der Waals surface area contributed by atoms with E-state index < -0.39 is 24.1 Å². The minimum Gasteiger partial charge on any atom is -0.388 e. The first kappa shape index (κ1) is 8.89. The summed E-state index contributed by atoms with van der Waals surface area (Å²) in [6.07, 6.45) is -3.80. The first-order valence-electron chi connectivity index (χ1n) is 3.39. The van der Waals surface area contributed by atoms with Crippen LogP contribution >= 0.6 is 0 Å². The van der Waals surface area contributed by atoms with E-state index in [1.54, 1.807) is 0 Å². The quantitative estimate of drug-likeness (QED) is 0.353. The van der Waals surface area contributed by atoms with Gasteiger partial charge in [0.1, 0.15) is 18.3 Å². The van der Waals surface area contributed by atoms with E-state index in [2.05, 4.69) is 4.74 Å². The van der Waals surface area contributed by atoms with E-state index in [0.29, 0.717) is 0 Å². The molecule has 0 bridgehead atoms. The molecule has 1 saturated heterocycles. The lowest BCUT2D eigenvalue weighted by molar-refractivity contribution is -0.261. The van der Waals surface area contributed by atoms with E-state index in [0.717, 1.165) is 0 Å². The van der Waals surface area contributed by atoms with Gasteiger partial charge in [0, 0.05) is 0 Å². The van der Waals surface area contributed by atoms with Gasteiger partial charge >= 0.3 is 0 Å². The van der Waals surface area contributed by atoms with Crippen molar-refractivity contribution in [2.75, 3.05) is 6.61 Å². The summed E-state index contributed by atoms with van der Waals surface area (Å²) in [6, 6.07) is 0. The molecule has 5 nitrogen and oxygen atoms in total. The van der Waals surface area contributed by atoms with Crippen LogP contribution in [-0.4, -0.2) is 51.1 Å². The monoisotopic (exact) mass is 164 g/mol. The molecule has 4 atom stereocenters. The third-order valence-electron chi connectivity index (χ3n) is 1.87. The summed E-state index contributed by atoms with van der Waals surface area (Å²) in [5.41, 5.74) is 0. The van der Waals surface area contributed by atoms with Crippen molar-refractivity contribution in [2.45, 2.75) is 31.0 Å². The van der Waals surface area contributed by atoms with E-state index >= 15 is 0 Å². The minimum atomic E-state index is -2.01. The van der Waals surface area contributed by atoms with Gasteiger partial charge in [0.2, 0.25) is 5.79 Å². The molecular formula is C6H12O5. The second-order valence-corrected chi connectivity index (χ2v) is 2.75. The van der Waals surface area contributed by atoms with Crippen molar-refractivity contribution in [1.29, 1.82) is 0 Å². The Morgan fingerprint density at radius 1 is 1.55 bits per heavy atom. The van der Waals surface area contributed by atoms with E-state index in [1.165, 1.54) is 6.92 Å². The second-order valence-electron chi connectivity index (χ2n) is 2.75. The molecule has 0 aromatic heterocycles. The third kappa shape index (κ3) is 1.25. The zero-order chi connectivity index (χ0) is 8.65. The van der Waals surface area contributed by atoms with Gasteiger partial charge in [-0.2, -0.15) is 0 Å². The number of aliphatic hydroxyl groups excluding tert-OH is 3. The Balaban J connectivity index is 2.73. The highest BCUT2D eigenvalue weighted by Crippen LogP contribution is 2.26. The highest BCUT2D eigenvalue weighted by molar-refractivity contribution is 4.92. The Hall–Kier alpha value is -0.200. The van der Waals surface area contributed by atoms with Crippen LogP contribution in [0.25, 0.3) is 0 Å². The van der Waals surface area contributed by atoms with Gasteiger partial charge in [-0.1, -0.05) is 0 Å². The first-order chi connectivity index (χ1) is 4.98. The summed E-state index contributed by atoms with van der Waals surface area (Å²) in [7, 11) is 0. The topological polar surface area (TPSA) is 90.2 Å². The summed E-state index contributed by atoms with van der Waals surface area (Å²) in [6.45, 7) is 1.11. The van der Waals surface area contributed by atoms with Gasteiger partial charge in [0.05, 0.1) is 6.61 Å². The molecule has 0 radical (unpaired) electrons. The lowest BCUT2D eigenvalue weighted by Gasteiger charge is -2.28. The fourth-order valence-electron chi connectivity index (χ4n) is 1.04. The second kappa shape index (κ2) is 2.69. The molecule has 0 saturated carbocycles. The predicted molar refractivity (Wildman–Crippen MR) is 34.6 cm³/mol. The van der Waals surface area contributed by atoms with Gasteiger partial charge in [-0.3, -0.25) is 0 Å². The Morgan fingerprint density at radius 2 is 2.09 bits per heavy atom. The van der Waals surface area contributed by atoms with Crippen molar-refractivity contribution in [3.63, 3.8) is 0 Å². The van der Waals surface area contributed by atoms with Crippen molar-refractivity contribution in [2.24, 2.45) is 0 Å². The SMILES string of the molecule is C[C@H](O)[C@]1(O)OC[C@@H](O)[C@@H]1O. The predicted octanol–water partition coefficient (Wildman–Crippen LogP) is -2.19. The molecule has 5 heteroatoms. The molecule has 0 aliphatic carbocycles. The van der Waals surface area contributed by atoms with E-state index in [-0.39, 0.29) is 6.61 Å². The molecule has 66 valence electrons. The number of rotatable bonds is 1. The van der Waals surface area contributed by atoms with Crippen molar-refractivity contribution in [3.8, 4) is 0 Å². The van der Waals surface area contributed by atoms with Gasteiger partial charge in [-0.05, 0) is 6.92 Å². The van der Waals surface area contributed by atoms with Crippen molar-refractivity contribution in [3.05, 3.63) is 0 Å². The van der Waals surface area contributed by atoms with Gasteiger partial charge < -0.3 is 25.2 Å². The normalized spacial score (nSPS) is 47.7. The van der Waals surface area contributed by atoms with Crippen molar-refractivity contribution >= 4 is 0 Å². The van der Waals surface area contributed by atoms with Crippen molar-refractivity contribution < 1.29 is 25.2 Å². The van der Waals surface area contributed by atoms with Crippen LogP contribution in [0, 0.1) is 0 Å². The van der Waals surface area contributed by atoms with Crippen LogP contribution in [0.4, 0.5) is 0 Å². The average Bonchev–Trinajstić information content (AvgIpc) is 2.18. The molecule has 1 aliphatic heterocycles. The Morgan fingerprint density at radius 3 is 2.27 bits per heavy atom. The molecule has 4 N–H and O–H groups in total. The van der Waals surface area contributed by atoms with Gasteiger partial charge in [-0.15, -0.1) is 0 Å². The maximum absolute atomic E-state index is 9.33. The van der Waals surface area contributed by atoms with Crippen molar-refractivity contribution in [1.82, 2.24) is 0 Å². The molecule has 0 amide bonds. The number of ether oxygens (including phenoxy) is 1. The first-order valence-corrected chi connectivity index (χ1v) is 3.39. The maximum Gasteiger partial charge on any atom is 0.221 e. The molecule has 1 fully saturated rings. The van der Waals surface area contributed by atoms with Crippen LogP contribution in [0.3, 0.4) is 0 Å². The lowest BCUT2D eigenvalue weighted by atomic mass is 10.0. The molecule has 11 heavy (non-hydrogen) atoms. The zero-order valence-electron chi connectivity index (χ0n) is 6.14. The zero-order valence-corrected chi connectivity index (χ0v) is 6.14. The van der Waals surface area contributed by atoms with E-state index in [1.807, 2.05) is 0 Å². The molecule has 0 aromatic rings. The van der Waals surface area contributed by atoms with Crippen LogP contribution in [0.15, 0.2) is 0 Å². The Bertz CT molecular complexity index is 148. The summed E-state index contributed by atoms with van der Waals surface area (Å²) in [5.74, 6) is -2.01. The fourth-order valence-corrected chi connectivity index (χ4v) is 1.04. The highest BCUT2D eigenvalue weighted by Gasteiger charge is 2.51. The largest absolute Gasteiger partial charge is 0.388 e. The lowest BCUT2D eigenvalue weighted by Crippen LogP contribution is -2.51. The molecule has 1 aliphatic rings. The van der Waals surface area contributed by atoms with Crippen LogP contribution in [0.1, 0.15) is 6.92 Å². The van der Waals surface area contributed by atoms with Crippen LogP contribution in [0.5, 0.6) is 0 Å². The number of aliphatic hydroxyl groups is 4. The highest BCUT2D eigenvalue weighted by atomic mass is 16.7. The molecule has 0 spiro atoms. The summed E-state index contributed by atoms with van der Waals surface area (Å²) >= 11 is 0. The molecule has 1 rings (SSSR count). The summed E-state index contributed by atoms with van der Waals surface area (Å²) in [5, 5.41) is 36.3. The molecule has 0 unspecified atom stereocenters. The summed E-state index contributed by atoms with van der Waals surface area (Å²) in [4.78, 5) is 0. The van der Waals surface area contributed by atoms with Gasteiger partial charge in [-0.25, -0.2) is 0 Å².